The lowest BCUT2D eigenvalue weighted by molar-refractivity contribution is 0.456. The zero-order chi connectivity index (χ0) is 6.41. The van der Waals surface area contributed by atoms with Gasteiger partial charge in [-0.15, -0.1) is 24.0 Å². The maximum Gasteiger partial charge on any atom is 0.0404 e. The molecule has 0 saturated heterocycles. The highest BCUT2D eigenvalue weighted by Crippen LogP contribution is 1.79. The fourth-order valence-electron chi connectivity index (χ4n) is 0.348. The Hall–Kier alpha value is 0.280. The van der Waals surface area contributed by atoms with Crippen LogP contribution in [0.15, 0.2) is 12.2 Å². The van der Waals surface area contributed by atoms with Crippen LogP contribution < -0.4 is 0 Å². The van der Waals surface area contributed by atoms with E-state index in [9.17, 15) is 0 Å². The molecule has 0 radical (unpaired) electrons. The summed E-state index contributed by atoms with van der Waals surface area (Å²) in [5.74, 6) is 0.619. The Morgan fingerprint density at radius 1 is 1.33 bits per heavy atom. The van der Waals surface area contributed by atoms with Gasteiger partial charge in [0.05, 0.1) is 0 Å². The van der Waals surface area contributed by atoms with Crippen molar-refractivity contribution in [2.75, 3.05) is 26.5 Å². The van der Waals surface area contributed by atoms with Crippen LogP contribution >= 0.6 is 24.0 Å². The van der Waals surface area contributed by atoms with Gasteiger partial charge in [0.15, 0.2) is 0 Å². The second-order valence-electron chi connectivity index (χ2n) is 1.89. The van der Waals surface area contributed by atoms with Crippen LogP contribution in [0, 0.1) is 0 Å². The Bertz CT molecular complexity index is 71.5. The first-order valence-electron chi connectivity index (χ1n) is 2.63. The van der Waals surface area contributed by atoms with E-state index in [1.165, 1.54) is 0 Å². The lowest BCUT2D eigenvalue weighted by atomic mass is 10.5. The monoisotopic (exact) mass is 169 g/mol. The minimum Gasteiger partial charge on any atom is -0.306 e. The van der Waals surface area contributed by atoms with Crippen molar-refractivity contribution in [1.29, 1.82) is 0 Å². The third-order valence-corrected chi connectivity index (χ3v) is 0.904. The summed E-state index contributed by atoms with van der Waals surface area (Å²) >= 11 is 5.38. The third-order valence-electron chi connectivity index (χ3n) is 0.726. The van der Waals surface area contributed by atoms with Gasteiger partial charge in [-0.05, 0) is 14.1 Å². The number of rotatable bonds is 3. The molecule has 1 nitrogen and oxygen atoms in total. The summed E-state index contributed by atoms with van der Waals surface area (Å²) in [4.78, 5) is 2.09. The summed E-state index contributed by atoms with van der Waals surface area (Å²) < 4.78 is 0. The lowest BCUT2D eigenvalue weighted by Gasteiger charge is -2.02. The van der Waals surface area contributed by atoms with Crippen molar-refractivity contribution in [3.8, 4) is 0 Å². The summed E-state index contributed by atoms with van der Waals surface area (Å²) in [6.45, 7) is 0.979. The van der Waals surface area contributed by atoms with E-state index in [2.05, 4.69) is 4.90 Å². The molecule has 0 bridgehead atoms. The van der Waals surface area contributed by atoms with Crippen molar-refractivity contribution in [1.82, 2.24) is 4.90 Å². The molecule has 0 aliphatic heterocycles. The summed E-state index contributed by atoms with van der Waals surface area (Å²) in [6.07, 6.45) is 3.99. The Kier molecular flexibility index (Phi) is 11.0. The van der Waals surface area contributed by atoms with E-state index in [1.54, 1.807) is 0 Å². The molecule has 0 rings (SSSR count). The van der Waals surface area contributed by atoms with Crippen molar-refractivity contribution < 1.29 is 0 Å². The van der Waals surface area contributed by atoms with E-state index >= 15 is 0 Å². The van der Waals surface area contributed by atoms with Crippen LogP contribution in [0.3, 0.4) is 0 Å². The standard InChI is InChI=1S/C6H12ClN.ClH/c1-8(2)6-4-3-5-7;/h3-4H,5-6H2,1-2H3;1H. The SMILES string of the molecule is CN(C)CC=CCCl.Cl. The predicted octanol–water partition coefficient (Wildman–Crippen LogP) is 1.76. The molecule has 0 aliphatic rings. The Balaban J connectivity index is 0. The molecule has 9 heavy (non-hydrogen) atoms. The molecule has 0 spiro atoms. The van der Waals surface area contributed by atoms with Gasteiger partial charge >= 0.3 is 0 Å². The summed E-state index contributed by atoms with van der Waals surface area (Å²) in [5.41, 5.74) is 0. The van der Waals surface area contributed by atoms with E-state index < -0.39 is 0 Å². The molecule has 0 unspecified atom stereocenters. The first-order valence-corrected chi connectivity index (χ1v) is 3.16. The van der Waals surface area contributed by atoms with Gasteiger partial charge in [0.1, 0.15) is 0 Å². The average Bonchev–Trinajstić information content (AvgIpc) is 1.66. The van der Waals surface area contributed by atoms with Crippen molar-refractivity contribution >= 4 is 24.0 Å². The minimum atomic E-state index is 0. The van der Waals surface area contributed by atoms with Gasteiger partial charge in [0, 0.05) is 12.4 Å². The van der Waals surface area contributed by atoms with Crippen LogP contribution in [0.4, 0.5) is 0 Å². The van der Waals surface area contributed by atoms with Gasteiger partial charge in [-0.2, -0.15) is 0 Å². The Labute approximate surface area is 68.1 Å². The molecule has 0 heterocycles. The molecule has 0 aliphatic carbocycles. The van der Waals surface area contributed by atoms with Gasteiger partial charge in [0.2, 0.25) is 0 Å². The number of hydrogen-bond acceptors (Lipinski definition) is 1. The molecule has 3 heteroatoms. The van der Waals surface area contributed by atoms with Crippen molar-refractivity contribution in [2.45, 2.75) is 0 Å². The van der Waals surface area contributed by atoms with Gasteiger partial charge < -0.3 is 4.90 Å². The number of halogens is 2. The van der Waals surface area contributed by atoms with Crippen molar-refractivity contribution in [2.24, 2.45) is 0 Å². The number of nitrogens with zero attached hydrogens (tertiary/aromatic N) is 1. The Morgan fingerprint density at radius 2 is 1.89 bits per heavy atom. The minimum absolute atomic E-state index is 0. The molecule has 0 aromatic carbocycles. The Morgan fingerprint density at radius 3 is 2.22 bits per heavy atom. The first-order chi connectivity index (χ1) is 3.77. The zero-order valence-corrected chi connectivity index (χ0v) is 7.37. The topological polar surface area (TPSA) is 3.24 Å². The highest BCUT2D eigenvalue weighted by Gasteiger charge is 1.78. The predicted molar refractivity (Wildman–Crippen MR) is 45.7 cm³/mol. The molecule has 0 N–H and O–H groups in total. The van der Waals surface area contributed by atoms with E-state index in [0.29, 0.717) is 5.88 Å². The molecule has 0 fully saturated rings. The fraction of sp³-hybridized carbons (Fsp3) is 0.667. The van der Waals surface area contributed by atoms with Crippen LogP contribution in [-0.2, 0) is 0 Å². The number of allylic oxidation sites excluding steroid dienone is 1. The zero-order valence-electron chi connectivity index (χ0n) is 5.80. The maximum atomic E-state index is 5.38. The molecule has 0 aromatic heterocycles. The second-order valence-corrected chi connectivity index (χ2v) is 2.20. The van der Waals surface area contributed by atoms with Crippen LogP contribution in [-0.4, -0.2) is 31.4 Å². The number of alkyl halides is 1. The summed E-state index contributed by atoms with van der Waals surface area (Å²) in [6, 6.07) is 0. The van der Waals surface area contributed by atoms with Crippen LogP contribution in [0.25, 0.3) is 0 Å². The lowest BCUT2D eigenvalue weighted by Crippen LogP contribution is -2.10. The third kappa shape index (κ3) is 11.7. The molecule has 0 saturated carbocycles. The van der Waals surface area contributed by atoms with Gasteiger partial charge in [-0.3, -0.25) is 0 Å². The van der Waals surface area contributed by atoms with E-state index in [4.69, 9.17) is 11.6 Å². The molecule has 0 amide bonds. The highest BCUT2D eigenvalue weighted by molar-refractivity contribution is 6.18. The summed E-state index contributed by atoms with van der Waals surface area (Å²) in [5, 5.41) is 0. The molecule has 0 aromatic rings. The van der Waals surface area contributed by atoms with E-state index in [1.807, 2.05) is 26.2 Å². The largest absolute Gasteiger partial charge is 0.306 e. The fourth-order valence-corrected chi connectivity index (χ4v) is 0.474. The quantitative estimate of drug-likeness (QED) is 0.460. The van der Waals surface area contributed by atoms with E-state index in [0.717, 1.165) is 6.54 Å². The van der Waals surface area contributed by atoms with Gasteiger partial charge in [0.25, 0.3) is 0 Å². The molecular weight excluding hydrogens is 157 g/mol. The van der Waals surface area contributed by atoms with Crippen LogP contribution in [0.1, 0.15) is 0 Å². The normalized spacial score (nSPS) is 10.2. The van der Waals surface area contributed by atoms with Crippen molar-refractivity contribution in [3.05, 3.63) is 12.2 Å². The molecule has 0 atom stereocenters. The molecule has 56 valence electrons. The molecular formula is C6H13Cl2N. The number of hydrogen-bond donors (Lipinski definition) is 0. The number of likely N-dealkylation sites (N-methyl/N-ethyl adjacent to an activating group) is 1. The smallest absolute Gasteiger partial charge is 0.0404 e. The average molecular weight is 170 g/mol. The van der Waals surface area contributed by atoms with Gasteiger partial charge in [-0.25, -0.2) is 0 Å². The van der Waals surface area contributed by atoms with Crippen molar-refractivity contribution in [3.63, 3.8) is 0 Å². The maximum absolute atomic E-state index is 5.38. The van der Waals surface area contributed by atoms with E-state index in [-0.39, 0.29) is 12.4 Å². The second kappa shape index (κ2) is 8.28. The first kappa shape index (κ1) is 12.0. The van der Waals surface area contributed by atoms with Crippen LogP contribution in [0.2, 0.25) is 0 Å². The van der Waals surface area contributed by atoms with Gasteiger partial charge in [-0.1, -0.05) is 12.2 Å². The highest BCUT2D eigenvalue weighted by atomic mass is 35.5. The van der Waals surface area contributed by atoms with Crippen LogP contribution in [0.5, 0.6) is 0 Å². The summed E-state index contributed by atoms with van der Waals surface area (Å²) in [7, 11) is 4.05.